The van der Waals surface area contributed by atoms with Crippen LogP contribution in [0.1, 0.15) is 28.2 Å². The molecule has 7 nitrogen and oxygen atoms in total. The summed E-state index contributed by atoms with van der Waals surface area (Å²) in [5.41, 5.74) is 0.415. The number of allylic oxidation sites excluding steroid dienone is 1. The van der Waals surface area contributed by atoms with Crippen molar-refractivity contribution in [3.05, 3.63) is 11.5 Å². The van der Waals surface area contributed by atoms with Gasteiger partial charge in [0.05, 0.1) is 23.8 Å². The molecular weight excluding hydrogens is 353 g/mol. The van der Waals surface area contributed by atoms with Crippen LogP contribution in [0.3, 0.4) is 0 Å². The Morgan fingerprint density at radius 3 is 2.19 bits per heavy atom. The van der Waals surface area contributed by atoms with Crippen molar-refractivity contribution in [2.45, 2.75) is 40.3 Å². The van der Waals surface area contributed by atoms with Crippen LogP contribution in [0.5, 0.6) is 0 Å². The number of hydrogen-bond donors (Lipinski definition) is 3. The van der Waals surface area contributed by atoms with Gasteiger partial charge in [-0.2, -0.15) is 0 Å². The van der Waals surface area contributed by atoms with Gasteiger partial charge in [0.15, 0.2) is 0 Å². The van der Waals surface area contributed by atoms with E-state index in [0.29, 0.717) is 5.70 Å². The van der Waals surface area contributed by atoms with Crippen LogP contribution >= 0.6 is 7.82 Å². The molecule has 0 aromatic rings. The van der Waals surface area contributed by atoms with Crippen molar-refractivity contribution in [3.63, 3.8) is 0 Å². The molecule has 2 aliphatic heterocycles. The minimum absolute atomic E-state index is 0. The van der Waals surface area contributed by atoms with Crippen LogP contribution in [0.15, 0.2) is 11.5 Å². The second kappa shape index (κ2) is 8.65. The van der Waals surface area contributed by atoms with Gasteiger partial charge in [-0.15, -0.1) is 0 Å². The summed E-state index contributed by atoms with van der Waals surface area (Å²) in [5, 5.41) is 9.55. The molecule has 4 atom stereocenters. The molecule has 0 unspecified atom stereocenters. The van der Waals surface area contributed by atoms with E-state index in [1.54, 1.807) is 13.8 Å². The number of fused-ring (bicyclic) bond motifs is 1. The second-order valence-electron chi connectivity index (χ2n) is 4.79. The van der Waals surface area contributed by atoms with Crippen molar-refractivity contribution < 1.29 is 104 Å². The number of phosphoric ester groups is 1. The van der Waals surface area contributed by atoms with E-state index in [4.69, 9.17) is 9.79 Å². The summed E-state index contributed by atoms with van der Waals surface area (Å²) in [4.78, 5) is 31.0. The van der Waals surface area contributed by atoms with Gasteiger partial charge >= 0.3 is 7.82 Å². The number of carbonyl (C=O) groups excluding carboxylic acids is 1. The standard InChI is InChI=1S/C10H16NO6P.CH4.2Ar/c1-4-8-7(6(3)12)10(13)11(8)5(2)9(4)17-18(14,15)16;;;/h4,6-8,12H,1-3H3,(H2,14,15,16);1H4;;/t4-,6-,7-,8-;;;/m1.../s1. The SMILES string of the molecule is C.CC1=C(OP(=O)(O)O)[C@H](C)[C@@H]2[C@@H]([C@@H](C)O)C(=O)N12.[Ar].[Ar]. The maximum atomic E-state index is 11.8. The predicted octanol–water partition coefficient (Wildman–Crippen LogP) is 0.821. The van der Waals surface area contributed by atoms with E-state index in [9.17, 15) is 14.5 Å². The maximum absolute atomic E-state index is 11.8. The minimum Gasteiger partial charge on any atom is -0.407 e. The first-order valence-electron chi connectivity index (χ1n) is 5.62. The molecule has 2 heterocycles. The Hall–Kier alpha value is 1.64. The monoisotopic (exact) mass is 373 g/mol. The van der Waals surface area contributed by atoms with Crippen LogP contribution in [-0.2, 0) is 13.9 Å². The third-order valence-corrected chi connectivity index (χ3v) is 4.00. The number of β-lactam (4-membered cyclic amide) rings is 1. The molecule has 21 heavy (non-hydrogen) atoms. The van der Waals surface area contributed by atoms with Crippen LogP contribution in [0.25, 0.3) is 0 Å². The predicted molar refractivity (Wildman–Crippen MR) is 67.5 cm³/mol. The quantitative estimate of drug-likeness (QED) is 0.500. The van der Waals surface area contributed by atoms with Crippen molar-refractivity contribution in [1.29, 1.82) is 0 Å². The van der Waals surface area contributed by atoms with Crippen molar-refractivity contribution in [2.24, 2.45) is 11.8 Å². The van der Waals surface area contributed by atoms with E-state index in [1.807, 2.05) is 0 Å². The zero-order chi connectivity index (χ0) is 13.8. The molecule has 10 heteroatoms. The van der Waals surface area contributed by atoms with Crippen molar-refractivity contribution in [3.8, 4) is 0 Å². The summed E-state index contributed by atoms with van der Waals surface area (Å²) >= 11 is 0. The first-order chi connectivity index (χ1) is 8.15. The van der Waals surface area contributed by atoms with E-state index in [0.717, 1.165) is 0 Å². The summed E-state index contributed by atoms with van der Waals surface area (Å²) < 4.78 is 15.5. The topological polar surface area (TPSA) is 107 Å². The fraction of sp³-hybridized carbons (Fsp3) is 0.727. The summed E-state index contributed by atoms with van der Waals surface area (Å²) in [6.45, 7) is 4.84. The summed E-state index contributed by atoms with van der Waals surface area (Å²) in [6, 6.07) is -0.279. The van der Waals surface area contributed by atoms with Gasteiger partial charge in [-0.1, -0.05) is 14.4 Å². The number of aliphatic hydroxyl groups is 1. The fourth-order valence-corrected chi connectivity index (χ4v) is 3.38. The molecule has 1 fully saturated rings. The number of rotatable bonds is 3. The van der Waals surface area contributed by atoms with Gasteiger partial charge in [-0.25, -0.2) is 4.57 Å². The van der Waals surface area contributed by atoms with E-state index in [2.05, 4.69) is 4.52 Å². The first kappa shape index (κ1) is 24.9. The molecule has 2 aliphatic rings. The zero-order valence-corrected chi connectivity index (χ0v) is 13.3. The first-order valence-corrected chi connectivity index (χ1v) is 7.15. The van der Waals surface area contributed by atoms with Crippen LogP contribution < -0.4 is 0 Å². The van der Waals surface area contributed by atoms with E-state index in [1.165, 1.54) is 11.8 Å². The number of carbonyl (C=O) groups is 1. The van der Waals surface area contributed by atoms with Crippen LogP contribution in [-0.4, -0.2) is 37.8 Å². The molecule has 0 radical (unpaired) electrons. The van der Waals surface area contributed by atoms with Crippen LogP contribution in [0.4, 0.5) is 0 Å². The molecule has 126 valence electrons. The largest absolute Gasteiger partial charge is 0.524 e. The average molecular weight is 373 g/mol. The third kappa shape index (κ3) is 4.59. The third-order valence-electron chi connectivity index (χ3n) is 3.57. The maximum Gasteiger partial charge on any atom is 0.524 e. The second-order valence-corrected chi connectivity index (χ2v) is 5.95. The van der Waals surface area contributed by atoms with Gasteiger partial charge in [0.25, 0.3) is 0 Å². The Bertz CT molecular complexity index is 477. The Morgan fingerprint density at radius 1 is 1.33 bits per heavy atom. The Kier molecular flexibility index (Phi) is 10.3. The molecule has 0 aromatic carbocycles. The molecule has 0 bridgehead atoms. The fourth-order valence-electron chi connectivity index (χ4n) is 2.83. The molecule has 0 spiro atoms. The van der Waals surface area contributed by atoms with E-state index >= 15 is 0 Å². The molecule has 1 amide bonds. The number of aliphatic hydroxyl groups excluding tert-OH is 1. The number of hydrogen-bond acceptors (Lipinski definition) is 4. The molecule has 3 N–H and O–H groups in total. The molecule has 0 saturated carbocycles. The van der Waals surface area contributed by atoms with Crippen molar-refractivity contribution in [1.82, 2.24) is 4.90 Å². The van der Waals surface area contributed by atoms with Crippen molar-refractivity contribution >= 4 is 13.7 Å². The summed E-state index contributed by atoms with van der Waals surface area (Å²) in [7, 11) is -4.64. The van der Waals surface area contributed by atoms with Crippen LogP contribution in [0.2, 0.25) is 0 Å². The van der Waals surface area contributed by atoms with Gasteiger partial charge in [-0.3, -0.25) is 14.6 Å². The van der Waals surface area contributed by atoms with E-state index < -0.39 is 19.8 Å². The number of nitrogens with zero attached hydrogens (tertiary/aromatic N) is 1. The minimum atomic E-state index is -4.64. The average Bonchev–Trinajstić information content (AvgIpc) is 2.36. The Morgan fingerprint density at radius 2 is 1.81 bits per heavy atom. The summed E-state index contributed by atoms with van der Waals surface area (Å²) in [6.07, 6.45) is -0.789. The molecular formula is C11H20Ar2NO6P. The molecule has 2 rings (SSSR count). The van der Waals surface area contributed by atoms with Crippen molar-refractivity contribution in [2.75, 3.05) is 0 Å². The molecule has 0 aliphatic carbocycles. The Labute approximate surface area is 184 Å². The van der Waals surface area contributed by atoms with Gasteiger partial charge in [-0.05, 0) is 13.8 Å². The zero-order valence-electron chi connectivity index (χ0n) is 11.0. The normalized spacial score (nSPS) is 28.6. The van der Waals surface area contributed by atoms with Crippen LogP contribution in [0, 0.1) is 87.3 Å². The summed E-state index contributed by atoms with van der Waals surface area (Å²) in [5.74, 6) is -0.976. The molecule has 1 saturated heterocycles. The van der Waals surface area contributed by atoms with Gasteiger partial charge in [0, 0.05) is 81.4 Å². The number of phosphoric acid groups is 1. The Balaban J connectivity index is 0. The molecule has 0 aromatic heterocycles. The smallest absolute Gasteiger partial charge is 0.407 e. The van der Waals surface area contributed by atoms with E-state index in [-0.39, 0.29) is 107 Å². The van der Waals surface area contributed by atoms with Gasteiger partial charge in [0.1, 0.15) is 5.76 Å². The van der Waals surface area contributed by atoms with Gasteiger partial charge < -0.3 is 14.5 Å². The van der Waals surface area contributed by atoms with Gasteiger partial charge in [0.2, 0.25) is 5.91 Å². The number of amides is 1.